The van der Waals surface area contributed by atoms with Crippen molar-refractivity contribution in [3.8, 4) is 11.5 Å². The first kappa shape index (κ1) is 16.9. The molecule has 1 aromatic rings. The van der Waals surface area contributed by atoms with Crippen molar-refractivity contribution >= 4 is 57.4 Å². The van der Waals surface area contributed by atoms with Gasteiger partial charge in [-0.2, -0.15) is 0 Å². The Hall–Kier alpha value is -0.114. The van der Waals surface area contributed by atoms with Gasteiger partial charge in [-0.3, -0.25) is 0 Å². The van der Waals surface area contributed by atoms with Crippen LogP contribution in [0.15, 0.2) is 18.2 Å². The van der Waals surface area contributed by atoms with Crippen LogP contribution in [0.1, 0.15) is 17.3 Å². The Balaban J connectivity index is 0.00000256. The zero-order valence-electron chi connectivity index (χ0n) is 9.14. The fraction of sp³-hybridized carbons (Fsp3) is 0.364. The monoisotopic (exact) mass is 266 g/mol. The predicted octanol–water partition coefficient (Wildman–Crippen LogP) is 0.856. The van der Waals surface area contributed by atoms with E-state index in [-0.39, 0.29) is 68.8 Å². The zero-order chi connectivity index (χ0) is 12.1. The molecule has 0 aromatic heterocycles. The van der Waals surface area contributed by atoms with E-state index in [2.05, 4.69) is 0 Å². The molecule has 0 unspecified atom stereocenters. The van der Waals surface area contributed by atoms with Crippen molar-refractivity contribution in [3.05, 3.63) is 23.8 Å². The van der Waals surface area contributed by atoms with Gasteiger partial charge < -0.3 is 19.7 Å². The van der Waals surface area contributed by atoms with E-state index in [1.807, 2.05) is 0 Å². The molecule has 0 spiro atoms. The Morgan fingerprint density at radius 1 is 1.41 bits per heavy atom. The van der Waals surface area contributed by atoms with Crippen molar-refractivity contribution in [2.24, 2.45) is 0 Å². The molecule has 1 aromatic carbocycles. The van der Waals surface area contributed by atoms with Gasteiger partial charge in [-0.05, 0) is 19.1 Å². The maximum absolute atomic E-state index is 10.7. The Morgan fingerprint density at radius 2 is 2.06 bits per heavy atom. The molecule has 6 heteroatoms. The molecule has 0 heterocycles. The van der Waals surface area contributed by atoms with E-state index in [9.17, 15) is 9.90 Å². The van der Waals surface area contributed by atoms with E-state index in [0.29, 0.717) is 12.4 Å². The molecule has 1 atom stereocenters. The quantitative estimate of drug-likeness (QED) is 0.773. The molecule has 0 amide bonds. The number of aromatic carboxylic acids is 1. The summed E-state index contributed by atoms with van der Waals surface area (Å²) in [7, 11) is 1.55. The minimum atomic E-state index is -1.11. The third kappa shape index (κ3) is 5.85. The third-order valence-electron chi connectivity index (χ3n) is 1.88. The number of rotatable bonds is 5. The molecular formula is C11H15KO5. The minimum absolute atomic E-state index is 0. The topological polar surface area (TPSA) is 76.0 Å². The molecule has 5 nitrogen and oxygen atoms in total. The van der Waals surface area contributed by atoms with Crippen LogP contribution in [0.2, 0.25) is 0 Å². The van der Waals surface area contributed by atoms with Gasteiger partial charge >= 0.3 is 57.4 Å². The van der Waals surface area contributed by atoms with Crippen LogP contribution in [0.3, 0.4) is 0 Å². The molecule has 0 aliphatic heterocycles. The van der Waals surface area contributed by atoms with E-state index in [0.717, 1.165) is 6.07 Å². The van der Waals surface area contributed by atoms with Gasteiger partial charge in [0.15, 0.2) is 0 Å². The first-order chi connectivity index (χ1) is 7.52. The molecule has 0 radical (unpaired) electrons. The second kappa shape index (κ2) is 8.07. The number of phenolic OH excluding ortho intramolecular Hbond substituents is 1. The number of aromatic hydroxyl groups is 1. The number of hydrogen-bond donors (Lipinski definition) is 2. The predicted molar refractivity (Wildman–Crippen MR) is 64.2 cm³/mol. The fourth-order valence-electron chi connectivity index (χ4n) is 1.28. The Labute approximate surface area is 142 Å². The van der Waals surface area contributed by atoms with Crippen LogP contribution >= 0.6 is 0 Å². The van der Waals surface area contributed by atoms with Gasteiger partial charge in [0.05, 0.1) is 12.2 Å². The summed E-state index contributed by atoms with van der Waals surface area (Å²) in [5.74, 6) is -0.943. The van der Waals surface area contributed by atoms with Crippen molar-refractivity contribution < 1.29 is 24.5 Å². The standard InChI is InChI=1S/C11H14O5.K.H/c1-7(6-15-2)16-10-4-8(11(13)14)3-9(12)5-10;;/h3-5,7,12H,6H2,1-2H3,(H,13,14);;/t7-;;/m0../s1. The van der Waals surface area contributed by atoms with Crippen molar-refractivity contribution in [3.63, 3.8) is 0 Å². The number of carboxylic acids is 1. The number of phenols is 1. The Morgan fingerprint density at radius 3 is 2.59 bits per heavy atom. The average molecular weight is 266 g/mol. The summed E-state index contributed by atoms with van der Waals surface area (Å²) in [6.07, 6.45) is -0.214. The van der Waals surface area contributed by atoms with Crippen LogP contribution in [0.4, 0.5) is 0 Å². The van der Waals surface area contributed by atoms with Crippen LogP contribution in [0.5, 0.6) is 11.5 Å². The fourth-order valence-corrected chi connectivity index (χ4v) is 1.28. The van der Waals surface area contributed by atoms with Gasteiger partial charge in [-0.25, -0.2) is 4.79 Å². The molecule has 17 heavy (non-hydrogen) atoms. The average Bonchev–Trinajstić information content (AvgIpc) is 2.16. The van der Waals surface area contributed by atoms with Crippen LogP contribution in [0.25, 0.3) is 0 Å². The Bertz CT molecular complexity index is 380. The van der Waals surface area contributed by atoms with Gasteiger partial charge in [0.1, 0.15) is 17.6 Å². The number of benzene rings is 1. The van der Waals surface area contributed by atoms with Crippen molar-refractivity contribution in [1.82, 2.24) is 0 Å². The summed E-state index contributed by atoms with van der Waals surface area (Å²) in [5, 5.41) is 18.1. The molecule has 90 valence electrons. The normalized spacial score (nSPS) is 11.4. The molecule has 0 aliphatic carbocycles. The van der Waals surface area contributed by atoms with Crippen molar-refractivity contribution in [2.75, 3.05) is 13.7 Å². The first-order valence-corrected chi connectivity index (χ1v) is 4.76. The number of carbonyl (C=O) groups is 1. The number of carboxylic acid groups (broad SMARTS) is 1. The molecule has 0 bridgehead atoms. The maximum atomic E-state index is 10.7. The Kier molecular flexibility index (Phi) is 8.02. The molecule has 0 saturated heterocycles. The van der Waals surface area contributed by atoms with Gasteiger partial charge in [0.25, 0.3) is 0 Å². The second-order valence-electron chi connectivity index (χ2n) is 3.40. The van der Waals surface area contributed by atoms with Crippen LogP contribution < -0.4 is 4.74 Å². The molecule has 0 saturated carbocycles. The number of methoxy groups -OCH3 is 1. The van der Waals surface area contributed by atoms with Crippen LogP contribution in [-0.2, 0) is 4.74 Å². The van der Waals surface area contributed by atoms with Crippen LogP contribution in [-0.4, -0.2) is 87.4 Å². The van der Waals surface area contributed by atoms with Crippen molar-refractivity contribution in [1.29, 1.82) is 0 Å². The second-order valence-corrected chi connectivity index (χ2v) is 3.40. The number of hydrogen-bond acceptors (Lipinski definition) is 4. The van der Waals surface area contributed by atoms with Gasteiger partial charge in [-0.15, -0.1) is 0 Å². The van der Waals surface area contributed by atoms with E-state index >= 15 is 0 Å². The molecule has 2 N–H and O–H groups in total. The van der Waals surface area contributed by atoms with E-state index in [1.54, 1.807) is 14.0 Å². The summed E-state index contributed by atoms with van der Waals surface area (Å²) in [6, 6.07) is 3.88. The van der Waals surface area contributed by atoms with Gasteiger partial charge in [-0.1, -0.05) is 0 Å². The van der Waals surface area contributed by atoms with E-state index < -0.39 is 5.97 Å². The molecular weight excluding hydrogens is 251 g/mol. The number of ether oxygens (including phenoxy) is 2. The SMILES string of the molecule is COC[C@H](C)Oc1cc(O)cc(C(=O)O)c1.[KH]. The molecule has 0 fully saturated rings. The van der Waals surface area contributed by atoms with Gasteiger partial charge in [0.2, 0.25) is 0 Å². The summed E-state index contributed by atoms with van der Waals surface area (Å²) in [4.78, 5) is 10.7. The summed E-state index contributed by atoms with van der Waals surface area (Å²) in [6.45, 7) is 2.17. The zero-order valence-corrected chi connectivity index (χ0v) is 9.14. The molecule has 1 rings (SSSR count). The summed E-state index contributed by atoms with van der Waals surface area (Å²) in [5.41, 5.74) is -0.0142. The van der Waals surface area contributed by atoms with Gasteiger partial charge in [0, 0.05) is 13.2 Å². The first-order valence-electron chi connectivity index (χ1n) is 4.76. The summed E-state index contributed by atoms with van der Waals surface area (Å²) < 4.78 is 10.3. The molecule has 0 aliphatic rings. The van der Waals surface area contributed by atoms with E-state index in [4.69, 9.17) is 14.6 Å². The van der Waals surface area contributed by atoms with Crippen molar-refractivity contribution in [2.45, 2.75) is 13.0 Å². The van der Waals surface area contributed by atoms with E-state index in [1.165, 1.54) is 12.1 Å². The third-order valence-corrected chi connectivity index (χ3v) is 1.88. The summed E-state index contributed by atoms with van der Waals surface area (Å²) >= 11 is 0. The van der Waals surface area contributed by atoms with Crippen LogP contribution in [0, 0.1) is 0 Å².